The Morgan fingerprint density at radius 1 is 1.12 bits per heavy atom. The average Bonchev–Trinajstić information content (AvgIpc) is 1.32. The molecule has 0 aromatic rings. The third kappa shape index (κ3) is 2.68. The van der Waals surface area contributed by atoms with Crippen molar-refractivity contribution in [3.63, 3.8) is 0 Å². The van der Waals surface area contributed by atoms with Crippen molar-refractivity contribution in [2.45, 2.75) is 0 Å². The van der Waals surface area contributed by atoms with Gasteiger partial charge in [0.05, 0.1) is 0 Å². The molecule has 0 spiro atoms. The molecule has 1 saturated heterocycles. The van der Waals surface area contributed by atoms with Gasteiger partial charge in [-0.05, 0) is 0 Å². The van der Waals surface area contributed by atoms with E-state index in [1.807, 2.05) is 0 Å². The van der Waals surface area contributed by atoms with E-state index in [0.29, 0.717) is 0 Å². The van der Waals surface area contributed by atoms with Gasteiger partial charge in [0.25, 0.3) is 0 Å². The molecule has 1 rings (SSSR count). The molecule has 8 heavy (non-hydrogen) atoms. The topological polar surface area (TPSA) is 116 Å². The molecule has 1 aliphatic heterocycles. The summed E-state index contributed by atoms with van der Waals surface area (Å²) in [5.41, 5.74) is 0. The van der Waals surface area contributed by atoms with Crippen LogP contribution in [0.1, 0.15) is 0 Å². The van der Waals surface area contributed by atoms with Gasteiger partial charge < -0.3 is 11.0 Å². The molecule has 0 amide bonds. The Hall–Kier alpha value is 0.452. The van der Waals surface area contributed by atoms with Crippen LogP contribution in [0.2, 0.25) is 0 Å². The summed E-state index contributed by atoms with van der Waals surface area (Å²) in [6.45, 7) is 0. The standard InChI is InChI=1S/H2O4S.2H2O.Pd/c1-5(2,3)4;;;/h(H2,1,2,3,4);2*1H2;/q;;;+2/p-2. The Balaban J connectivity index is 0. The summed E-state index contributed by atoms with van der Waals surface area (Å²) in [5.74, 6) is 0. The molecule has 4 N–H and O–H groups in total. The molecule has 0 aromatic carbocycles. The van der Waals surface area contributed by atoms with Crippen LogP contribution in [0, 0.1) is 0 Å². The van der Waals surface area contributed by atoms with Crippen LogP contribution in [0.15, 0.2) is 0 Å². The number of hydrogen-bond donors (Lipinski definition) is 0. The Morgan fingerprint density at radius 2 is 1.38 bits per heavy atom. The van der Waals surface area contributed by atoms with Gasteiger partial charge in [-0.1, -0.05) is 0 Å². The van der Waals surface area contributed by atoms with E-state index in [9.17, 15) is 8.42 Å². The Labute approximate surface area is 54.8 Å². The minimum absolute atomic E-state index is 0. The summed E-state index contributed by atoms with van der Waals surface area (Å²) in [4.78, 5) is 0. The molecule has 0 unspecified atom stereocenters. The summed E-state index contributed by atoms with van der Waals surface area (Å²) in [6.07, 6.45) is 0. The molecule has 1 fully saturated rings. The molecular weight excluding hydrogens is 234 g/mol. The van der Waals surface area contributed by atoms with Crippen molar-refractivity contribution in [3.05, 3.63) is 0 Å². The van der Waals surface area contributed by atoms with Crippen LogP contribution in [0.3, 0.4) is 0 Å². The molecule has 0 atom stereocenters. The Morgan fingerprint density at radius 3 is 1.38 bits per heavy atom. The molecule has 8 heteroatoms. The first-order chi connectivity index (χ1) is 2.71. The van der Waals surface area contributed by atoms with Crippen LogP contribution in [-0.4, -0.2) is 19.4 Å². The van der Waals surface area contributed by atoms with Gasteiger partial charge >= 0.3 is 43.4 Å². The fourth-order valence-electron chi connectivity index (χ4n) is 0.0567. The average molecular weight is 239 g/mol. The van der Waals surface area contributed by atoms with Gasteiger partial charge in [-0.3, -0.25) is 0 Å². The van der Waals surface area contributed by atoms with Crippen molar-refractivity contribution >= 4 is 10.4 Å². The summed E-state index contributed by atoms with van der Waals surface area (Å²) in [5, 5.41) is 0. The van der Waals surface area contributed by atoms with Crippen molar-refractivity contribution in [1.29, 1.82) is 0 Å². The van der Waals surface area contributed by atoms with Crippen LogP contribution in [0.4, 0.5) is 0 Å². The Kier molecular flexibility index (Phi) is 4.89. The van der Waals surface area contributed by atoms with Crippen LogP contribution < -0.4 is 0 Å². The quantitative estimate of drug-likeness (QED) is 0.435. The van der Waals surface area contributed by atoms with E-state index in [1.54, 1.807) is 0 Å². The summed E-state index contributed by atoms with van der Waals surface area (Å²) >= 11 is -0.470. The van der Waals surface area contributed by atoms with Gasteiger partial charge in [-0.15, -0.1) is 0 Å². The zero-order valence-corrected chi connectivity index (χ0v) is 5.73. The van der Waals surface area contributed by atoms with Gasteiger partial charge in [-0.2, -0.15) is 0 Å². The molecule has 1 heterocycles. The van der Waals surface area contributed by atoms with Crippen molar-refractivity contribution in [1.82, 2.24) is 0 Å². The normalized spacial score (nSPS) is 22.5. The van der Waals surface area contributed by atoms with Gasteiger partial charge in [0, 0.05) is 0 Å². The fourth-order valence-corrected chi connectivity index (χ4v) is 1.01. The zero-order chi connectivity index (χ0) is 4.62. The van der Waals surface area contributed by atoms with Gasteiger partial charge in [-0.25, -0.2) is 0 Å². The first-order valence-corrected chi connectivity index (χ1v) is 3.53. The van der Waals surface area contributed by atoms with E-state index in [-0.39, 0.29) is 11.0 Å². The van der Waals surface area contributed by atoms with Crippen molar-refractivity contribution < 1.29 is 43.9 Å². The van der Waals surface area contributed by atoms with E-state index in [4.69, 9.17) is 0 Å². The molecular formula is H4O6PdS. The van der Waals surface area contributed by atoms with Crippen LogP contribution in [0.25, 0.3) is 0 Å². The minimum atomic E-state index is -3.46. The van der Waals surface area contributed by atoms with Crippen LogP contribution in [-0.2, 0) is 34.9 Å². The second-order valence-electron chi connectivity index (χ2n) is 0.566. The van der Waals surface area contributed by atoms with Crippen molar-refractivity contribution in [2.75, 3.05) is 0 Å². The number of rotatable bonds is 0. The molecule has 0 aliphatic carbocycles. The van der Waals surface area contributed by atoms with E-state index in [2.05, 4.69) is 5.81 Å². The third-order valence-corrected chi connectivity index (χ3v) is 3.06. The molecule has 1 aliphatic rings. The molecule has 0 saturated carbocycles. The molecule has 6 nitrogen and oxygen atoms in total. The first kappa shape index (κ1) is 11.3. The Bertz CT molecular complexity index is 123. The van der Waals surface area contributed by atoms with E-state index >= 15 is 0 Å². The maximum atomic E-state index is 9.65. The molecule has 0 aromatic heterocycles. The number of hydrogen-bond acceptors (Lipinski definition) is 4. The second-order valence-corrected chi connectivity index (χ2v) is 3.41. The summed E-state index contributed by atoms with van der Waals surface area (Å²) in [6, 6.07) is 0. The predicted molar refractivity (Wildman–Crippen MR) is 18.3 cm³/mol. The van der Waals surface area contributed by atoms with E-state index in [1.165, 1.54) is 0 Å². The fraction of sp³-hybridized carbons (Fsp3) is 0. The van der Waals surface area contributed by atoms with E-state index < -0.39 is 29.1 Å². The zero-order valence-electron chi connectivity index (χ0n) is 3.36. The SMILES string of the molecule is O.O.O=S1(=O)[O][Pd][O]1. The second kappa shape index (κ2) is 3.47. The van der Waals surface area contributed by atoms with Crippen molar-refractivity contribution in [3.8, 4) is 0 Å². The van der Waals surface area contributed by atoms with Gasteiger partial charge in [0.1, 0.15) is 0 Å². The predicted octanol–water partition coefficient (Wildman–Crippen LogP) is -2.46. The van der Waals surface area contributed by atoms with Crippen LogP contribution >= 0.6 is 0 Å². The van der Waals surface area contributed by atoms with E-state index in [0.717, 1.165) is 0 Å². The molecule has 0 bridgehead atoms. The third-order valence-electron chi connectivity index (χ3n) is 0.172. The van der Waals surface area contributed by atoms with Gasteiger partial charge in [0.2, 0.25) is 0 Å². The summed E-state index contributed by atoms with van der Waals surface area (Å²) < 4.78 is 27.1. The molecule has 0 radical (unpaired) electrons. The first-order valence-electron chi connectivity index (χ1n) is 0.925. The van der Waals surface area contributed by atoms with Crippen molar-refractivity contribution in [2.24, 2.45) is 0 Å². The van der Waals surface area contributed by atoms with Gasteiger partial charge in [0.15, 0.2) is 0 Å². The monoisotopic (exact) mass is 238 g/mol. The molecule has 56 valence electrons. The summed E-state index contributed by atoms with van der Waals surface area (Å²) in [7, 11) is -3.46. The maximum absolute atomic E-state index is 9.65. The van der Waals surface area contributed by atoms with Crippen LogP contribution in [0.5, 0.6) is 0 Å².